The van der Waals surface area contributed by atoms with Gasteiger partial charge in [0.2, 0.25) is 5.91 Å². The van der Waals surface area contributed by atoms with Crippen molar-refractivity contribution in [2.75, 3.05) is 19.7 Å². The third-order valence-electron chi connectivity index (χ3n) is 3.79. The lowest BCUT2D eigenvalue weighted by Crippen LogP contribution is -2.43. The first-order valence-corrected chi connectivity index (χ1v) is 7.48. The molecule has 0 N–H and O–H groups in total. The summed E-state index contributed by atoms with van der Waals surface area (Å²) >= 11 is 0. The summed E-state index contributed by atoms with van der Waals surface area (Å²) in [7, 11) is 0. The Morgan fingerprint density at radius 2 is 2.05 bits per heavy atom. The molecule has 2 rings (SSSR count). The molecule has 2 heterocycles. The monoisotopic (exact) mass is 307 g/mol. The molecule has 120 valence electrons. The summed E-state index contributed by atoms with van der Waals surface area (Å²) in [5.41, 5.74) is 0.395. The van der Waals surface area contributed by atoms with Crippen LogP contribution in [0.15, 0.2) is 17.2 Å². The number of nitrogens with zero attached hydrogens (tertiary/aromatic N) is 3. The Balaban J connectivity index is 1.90. The Hall–Kier alpha value is -2.18. The summed E-state index contributed by atoms with van der Waals surface area (Å²) in [6.07, 6.45) is 2.60. The highest BCUT2D eigenvalue weighted by Gasteiger charge is 2.28. The largest absolute Gasteiger partial charge is 0.466 e. The lowest BCUT2D eigenvalue weighted by atomic mass is 9.97. The Bertz CT molecular complexity index is 603. The number of carbonyl (C=O) groups excluding carboxylic acids is 2. The van der Waals surface area contributed by atoms with Gasteiger partial charge in [-0.3, -0.25) is 19.0 Å². The van der Waals surface area contributed by atoms with Crippen molar-refractivity contribution in [1.29, 1.82) is 0 Å². The molecule has 1 aliphatic heterocycles. The highest BCUT2D eigenvalue weighted by atomic mass is 16.5. The van der Waals surface area contributed by atoms with Gasteiger partial charge in [0.15, 0.2) is 0 Å². The van der Waals surface area contributed by atoms with Crippen molar-refractivity contribution in [3.63, 3.8) is 0 Å². The molecule has 0 aromatic carbocycles. The van der Waals surface area contributed by atoms with Crippen LogP contribution in [-0.4, -0.2) is 46.0 Å². The third-order valence-corrected chi connectivity index (χ3v) is 3.79. The number of likely N-dealkylation sites (tertiary alicyclic amines) is 1. The Kier molecular flexibility index (Phi) is 5.30. The zero-order valence-corrected chi connectivity index (χ0v) is 12.9. The van der Waals surface area contributed by atoms with E-state index in [1.165, 1.54) is 17.0 Å². The van der Waals surface area contributed by atoms with Crippen molar-refractivity contribution in [1.82, 2.24) is 14.5 Å². The fourth-order valence-electron chi connectivity index (χ4n) is 2.51. The number of hydrogen-bond acceptors (Lipinski definition) is 5. The number of amides is 1. The van der Waals surface area contributed by atoms with Crippen LogP contribution >= 0.6 is 0 Å². The van der Waals surface area contributed by atoms with E-state index in [0.29, 0.717) is 38.2 Å². The van der Waals surface area contributed by atoms with Gasteiger partial charge in [0, 0.05) is 24.8 Å². The molecule has 1 aromatic rings. The summed E-state index contributed by atoms with van der Waals surface area (Å²) in [5.74, 6) is -0.448. The molecule has 0 spiro atoms. The molecule has 0 saturated carbocycles. The summed E-state index contributed by atoms with van der Waals surface area (Å²) in [6, 6.07) is 1.40. The molecule has 7 nitrogen and oxygen atoms in total. The van der Waals surface area contributed by atoms with E-state index in [2.05, 4.69) is 4.98 Å². The Morgan fingerprint density at radius 1 is 1.36 bits per heavy atom. The summed E-state index contributed by atoms with van der Waals surface area (Å²) in [5, 5.41) is 0. The minimum absolute atomic E-state index is 0.0177. The van der Waals surface area contributed by atoms with Crippen LogP contribution in [0.25, 0.3) is 0 Å². The van der Waals surface area contributed by atoms with Gasteiger partial charge in [-0.05, 0) is 26.7 Å². The van der Waals surface area contributed by atoms with E-state index in [9.17, 15) is 14.4 Å². The zero-order valence-electron chi connectivity index (χ0n) is 12.9. The molecule has 1 saturated heterocycles. The molecular formula is C15H21N3O4. The van der Waals surface area contributed by atoms with Crippen molar-refractivity contribution in [3.8, 4) is 0 Å². The zero-order chi connectivity index (χ0) is 16.1. The molecule has 0 unspecified atom stereocenters. The molecule has 7 heteroatoms. The molecule has 0 radical (unpaired) electrons. The second kappa shape index (κ2) is 7.20. The standard InChI is InChI=1S/C15H21N3O4/c1-3-22-15(21)12-4-6-17(7-5-12)14(20)9-18-10-16-11(2)8-13(18)19/h8,10,12H,3-7,9H2,1-2H3. The van der Waals surface area contributed by atoms with Gasteiger partial charge < -0.3 is 9.64 Å². The number of ether oxygens (including phenoxy) is 1. The fraction of sp³-hybridized carbons (Fsp3) is 0.600. The van der Waals surface area contributed by atoms with Gasteiger partial charge in [-0.1, -0.05) is 0 Å². The van der Waals surface area contributed by atoms with E-state index in [-0.39, 0.29) is 29.9 Å². The van der Waals surface area contributed by atoms with Gasteiger partial charge in [-0.25, -0.2) is 4.98 Å². The van der Waals surface area contributed by atoms with Crippen LogP contribution in [0, 0.1) is 12.8 Å². The highest BCUT2D eigenvalue weighted by molar-refractivity contribution is 5.77. The van der Waals surface area contributed by atoms with E-state index in [4.69, 9.17) is 4.74 Å². The molecule has 1 aliphatic rings. The maximum absolute atomic E-state index is 12.2. The number of rotatable bonds is 4. The van der Waals surface area contributed by atoms with Crippen LogP contribution in [0.3, 0.4) is 0 Å². The smallest absolute Gasteiger partial charge is 0.309 e. The topological polar surface area (TPSA) is 81.5 Å². The van der Waals surface area contributed by atoms with Crippen LogP contribution in [0.2, 0.25) is 0 Å². The second-order valence-corrected chi connectivity index (χ2v) is 5.40. The second-order valence-electron chi connectivity index (χ2n) is 5.40. The molecular weight excluding hydrogens is 286 g/mol. The summed E-state index contributed by atoms with van der Waals surface area (Å²) < 4.78 is 6.30. The number of piperidine rings is 1. The first-order chi connectivity index (χ1) is 10.5. The minimum atomic E-state index is -0.234. The maximum Gasteiger partial charge on any atom is 0.309 e. The van der Waals surface area contributed by atoms with E-state index in [0.717, 1.165) is 0 Å². The molecule has 0 aliphatic carbocycles. The Morgan fingerprint density at radius 3 is 2.64 bits per heavy atom. The lowest BCUT2D eigenvalue weighted by Gasteiger charge is -2.31. The first-order valence-electron chi connectivity index (χ1n) is 7.48. The van der Waals surface area contributed by atoms with Gasteiger partial charge in [0.05, 0.1) is 18.9 Å². The third kappa shape index (κ3) is 3.93. The summed E-state index contributed by atoms with van der Waals surface area (Å²) in [6.45, 7) is 4.89. The van der Waals surface area contributed by atoms with Crippen LogP contribution in [-0.2, 0) is 20.9 Å². The van der Waals surface area contributed by atoms with E-state index < -0.39 is 0 Å². The number of aromatic nitrogens is 2. The molecule has 1 fully saturated rings. The lowest BCUT2D eigenvalue weighted by molar-refractivity contribution is -0.151. The summed E-state index contributed by atoms with van der Waals surface area (Å²) in [4.78, 5) is 41.4. The fourth-order valence-corrected chi connectivity index (χ4v) is 2.51. The van der Waals surface area contributed by atoms with Crippen molar-refractivity contribution in [2.45, 2.75) is 33.2 Å². The van der Waals surface area contributed by atoms with Crippen molar-refractivity contribution < 1.29 is 14.3 Å². The van der Waals surface area contributed by atoms with Gasteiger partial charge in [0.1, 0.15) is 6.54 Å². The molecule has 1 amide bonds. The van der Waals surface area contributed by atoms with Crippen molar-refractivity contribution >= 4 is 11.9 Å². The molecule has 1 aromatic heterocycles. The number of carbonyl (C=O) groups is 2. The van der Waals surface area contributed by atoms with E-state index in [1.807, 2.05) is 0 Å². The van der Waals surface area contributed by atoms with Crippen LogP contribution in [0.4, 0.5) is 0 Å². The predicted molar refractivity (Wildman–Crippen MR) is 79.2 cm³/mol. The van der Waals surface area contributed by atoms with Gasteiger partial charge >= 0.3 is 5.97 Å². The van der Waals surface area contributed by atoms with E-state index in [1.54, 1.807) is 18.7 Å². The predicted octanol–water partition coefficient (Wildman–Crippen LogP) is 0.353. The number of aryl methyl sites for hydroxylation is 1. The van der Waals surface area contributed by atoms with Gasteiger partial charge in [-0.15, -0.1) is 0 Å². The SMILES string of the molecule is CCOC(=O)C1CCN(C(=O)Cn2cnc(C)cc2=O)CC1. The number of esters is 1. The van der Waals surface area contributed by atoms with Crippen LogP contribution in [0.1, 0.15) is 25.5 Å². The average Bonchev–Trinajstić information content (AvgIpc) is 2.50. The molecule has 0 bridgehead atoms. The minimum Gasteiger partial charge on any atom is -0.466 e. The van der Waals surface area contributed by atoms with Crippen molar-refractivity contribution in [3.05, 3.63) is 28.4 Å². The molecule has 0 atom stereocenters. The normalized spacial score (nSPS) is 15.6. The first kappa shape index (κ1) is 16.2. The highest BCUT2D eigenvalue weighted by Crippen LogP contribution is 2.18. The van der Waals surface area contributed by atoms with E-state index >= 15 is 0 Å². The Labute approximate surface area is 128 Å². The molecule has 22 heavy (non-hydrogen) atoms. The number of hydrogen-bond donors (Lipinski definition) is 0. The quantitative estimate of drug-likeness (QED) is 0.750. The average molecular weight is 307 g/mol. The van der Waals surface area contributed by atoms with Gasteiger partial charge in [0.25, 0.3) is 5.56 Å². The van der Waals surface area contributed by atoms with Crippen molar-refractivity contribution in [2.24, 2.45) is 5.92 Å². The maximum atomic E-state index is 12.2. The van der Waals surface area contributed by atoms with Crippen LogP contribution < -0.4 is 5.56 Å². The van der Waals surface area contributed by atoms with Crippen LogP contribution in [0.5, 0.6) is 0 Å². The van der Waals surface area contributed by atoms with Gasteiger partial charge in [-0.2, -0.15) is 0 Å².